The molecule has 4 amide bonds. The monoisotopic (exact) mass is 696 g/mol. The first-order chi connectivity index (χ1) is 24.2. The Morgan fingerprint density at radius 2 is 1.62 bits per heavy atom. The van der Waals surface area contributed by atoms with Gasteiger partial charge in [0.25, 0.3) is 0 Å². The molecule has 2 saturated heterocycles. The minimum absolute atomic E-state index is 0.235. The second-order valence-electron chi connectivity index (χ2n) is 12.3. The van der Waals surface area contributed by atoms with Crippen molar-refractivity contribution in [2.75, 3.05) is 77.2 Å². The standard InChI is InChI=1S/C24H36N4O5.C11H17N3.CH3NO/c1-28(22-8-9-23(31)27-24(22)32)16-21-14-19(6-7-20(21)17-29)15-25-10-2-4-12-33-13-5-3-11-26-18-30;1-13-6-8-14(9-7-13)11-4-2-10(12)3-5-11;2-1-3/h6-7,14,17-18,22,25H,2-5,8-13,15-16H2,1H3,(H,26,30)(H,27,31,32);2-5H,6-9,12H2,1H3;1H,(H2,2,3). The summed E-state index contributed by atoms with van der Waals surface area (Å²) in [4.78, 5) is 60.4. The second-order valence-corrected chi connectivity index (χ2v) is 12.3. The van der Waals surface area contributed by atoms with Gasteiger partial charge in [0, 0.05) is 82.4 Å². The number of likely N-dealkylation sites (N-methyl/N-ethyl adjacent to an activating group) is 2. The highest BCUT2D eigenvalue weighted by atomic mass is 16.5. The number of aldehydes is 1. The van der Waals surface area contributed by atoms with Crippen molar-refractivity contribution >= 4 is 42.3 Å². The fraction of sp³-hybridized carbons (Fsp3) is 0.528. The van der Waals surface area contributed by atoms with E-state index < -0.39 is 0 Å². The topological polar surface area (TPSA) is 192 Å². The van der Waals surface area contributed by atoms with E-state index in [1.807, 2.05) is 42.3 Å². The number of piperidine rings is 1. The fourth-order valence-corrected chi connectivity index (χ4v) is 5.53. The number of anilines is 2. The Morgan fingerprint density at radius 1 is 0.960 bits per heavy atom. The van der Waals surface area contributed by atoms with Gasteiger partial charge in [0.05, 0.1) is 6.04 Å². The Labute approximate surface area is 296 Å². The van der Waals surface area contributed by atoms with E-state index in [0.29, 0.717) is 51.1 Å². The van der Waals surface area contributed by atoms with Crippen molar-refractivity contribution in [2.24, 2.45) is 5.73 Å². The number of hydrogen-bond acceptors (Lipinski definition) is 11. The van der Waals surface area contributed by atoms with E-state index in [9.17, 15) is 19.2 Å². The first kappa shape index (κ1) is 41.8. The quantitative estimate of drug-likeness (QED) is 0.0653. The molecule has 14 nitrogen and oxygen atoms in total. The number of unbranched alkanes of at least 4 members (excludes halogenated alkanes) is 2. The van der Waals surface area contributed by atoms with Crippen molar-refractivity contribution in [3.8, 4) is 0 Å². The Hall–Kier alpha value is -4.37. The van der Waals surface area contributed by atoms with Crippen molar-refractivity contribution in [1.82, 2.24) is 25.8 Å². The lowest BCUT2D eigenvalue weighted by Crippen LogP contribution is -2.51. The lowest BCUT2D eigenvalue weighted by Gasteiger charge is -2.34. The van der Waals surface area contributed by atoms with Gasteiger partial charge in [-0.05, 0) is 88.1 Å². The average Bonchev–Trinajstić information content (AvgIpc) is 3.10. The molecule has 50 heavy (non-hydrogen) atoms. The van der Waals surface area contributed by atoms with E-state index in [0.717, 1.165) is 88.1 Å². The molecule has 2 heterocycles. The zero-order chi connectivity index (χ0) is 36.6. The number of nitrogens with one attached hydrogen (secondary N) is 3. The number of primary amides is 1. The summed E-state index contributed by atoms with van der Waals surface area (Å²) < 4.78 is 5.59. The maximum absolute atomic E-state index is 12.1. The van der Waals surface area contributed by atoms with Gasteiger partial charge in [-0.15, -0.1) is 0 Å². The molecule has 2 fully saturated rings. The van der Waals surface area contributed by atoms with Crippen LogP contribution in [-0.4, -0.2) is 113 Å². The molecule has 14 heteroatoms. The number of carbonyl (C=O) groups is 5. The zero-order valence-corrected chi connectivity index (χ0v) is 29.6. The summed E-state index contributed by atoms with van der Waals surface area (Å²) in [6.07, 6.45) is 6.46. The third-order valence-electron chi connectivity index (χ3n) is 8.42. The summed E-state index contributed by atoms with van der Waals surface area (Å²) in [5.41, 5.74) is 14.5. The highest BCUT2D eigenvalue weighted by Crippen LogP contribution is 2.19. The number of imide groups is 1. The lowest BCUT2D eigenvalue weighted by molar-refractivity contribution is -0.137. The number of nitrogen functional groups attached to an aromatic ring is 1. The maximum Gasteiger partial charge on any atom is 0.243 e. The number of nitrogens with zero attached hydrogens (tertiary/aromatic N) is 3. The lowest BCUT2D eigenvalue weighted by atomic mass is 10.0. The molecule has 1 atom stereocenters. The van der Waals surface area contributed by atoms with Gasteiger partial charge in [0.1, 0.15) is 6.29 Å². The van der Waals surface area contributed by atoms with Crippen molar-refractivity contribution in [2.45, 2.75) is 57.7 Å². The van der Waals surface area contributed by atoms with Gasteiger partial charge in [0.15, 0.2) is 0 Å². The number of amides is 4. The molecular weight excluding hydrogens is 640 g/mol. The molecule has 0 bridgehead atoms. The van der Waals surface area contributed by atoms with Gasteiger partial charge in [-0.1, -0.05) is 18.2 Å². The molecule has 4 rings (SSSR count). The summed E-state index contributed by atoms with van der Waals surface area (Å²) in [5.74, 6) is -0.514. The van der Waals surface area contributed by atoms with Crippen LogP contribution < -0.4 is 32.3 Å². The zero-order valence-electron chi connectivity index (χ0n) is 29.6. The molecule has 0 saturated carbocycles. The minimum Gasteiger partial charge on any atom is -0.399 e. The summed E-state index contributed by atoms with van der Waals surface area (Å²) in [6, 6.07) is 13.5. The summed E-state index contributed by atoms with van der Waals surface area (Å²) in [7, 11) is 4.00. The van der Waals surface area contributed by atoms with Crippen LogP contribution in [0.4, 0.5) is 11.4 Å². The van der Waals surface area contributed by atoms with Crippen LogP contribution in [0.1, 0.15) is 60.0 Å². The van der Waals surface area contributed by atoms with E-state index in [1.165, 1.54) is 5.69 Å². The Bertz CT molecular complexity index is 1300. The van der Waals surface area contributed by atoms with Crippen LogP contribution in [0.5, 0.6) is 0 Å². The van der Waals surface area contributed by atoms with Crippen LogP contribution >= 0.6 is 0 Å². The highest BCUT2D eigenvalue weighted by molar-refractivity contribution is 6.00. The molecule has 1 unspecified atom stereocenters. The number of piperazine rings is 1. The van der Waals surface area contributed by atoms with Crippen LogP contribution in [-0.2, 0) is 37.0 Å². The molecule has 0 spiro atoms. The Balaban J connectivity index is 0.000000418. The fourth-order valence-electron chi connectivity index (χ4n) is 5.53. The molecule has 7 N–H and O–H groups in total. The van der Waals surface area contributed by atoms with Crippen molar-refractivity contribution in [1.29, 1.82) is 0 Å². The summed E-state index contributed by atoms with van der Waals surface area (Å²) in [5, 5.41) is 8.43. The first-order valence-electron chi connectivity index (χ1n) is 17.2. The first-order valence-corrected chi connectivity index (χ1v) is 17.2. The van der Waals surface area contributed by atoms with Gasteiger partial charge in [-0.2, -0.15) is 0 Å². The predicted octanol–water partition coefficient (Wildman–Crippen LogP) is 1.27. The van der Waals surface area contributed by atoms with Gasteiger partial charge in [0.2, 0.25) is 24.6 Å². The van der Waals surface area contributed by atoms with Crippen LogP contribution in [0.2, 0.25) is 0 Å². The smallest absolute Gasteiger partial charge is 0.243 e. The van der Waals surface area contributed by atoms with E-state index >= 15 is 0 Å². The van der Waals surface area contributed by atoms with Gasteiger partial charge < -0.3 is 36.6 Å². The number of ether oxygens (including phenoxy) is 1. The number of rotatable bonds is 18. The van der Waals surface area contributed by atoms with Crippen molar-refractivity contribution < 1.29 is 28.7 Å². The highest BCUT2D eigenvalue weighted by Gasteiger charge is 2.30. The van der Waals surface area contributed by atoms with E-state index in [-0.39, 0.29) is 24.3 Å². The SMILES string of the molecule is CN(Cc1cc(CNCCCCOCCCCNC=O)ccc1C=O)C1CCC(=O)NC1=O.CN1CCN(c2ccc(N)cc2)CC1.NC=O. The summed E-state index contributed by atoms with van der Waals surface area (Å²) in [6.45, 7) is 8.67. The summed E-state index contributed by atoms with van der Waals surface area (Å²) >= 11 is 0. The van der Waals surface area contributed by atoms with Crippen LogP contribution in [0, 0.1) is 0 Å². The molecule has 2 aromatic carbocycles. The Morgan fingerprint density at radius 3 is 2.24 bits per heavy atom. The number of benzene rings is 2. The van der Waals surface area contributed by atoms with E-state index in [2.05, 4.69) is 50.7 Å². The number of hydrogen-bond donors (Lipinski definition) is 5. The molecule has 276 valence electrons. The second kappa shape index (κ2) is 24.7. The molecule has 2 aliphatic heterocycles. The Kier molecular flexibility index (Phi) is 20.7. The molecule has 2 aliphatic rings. The normalized spacial score (nSPS) is 16.0. The third-order valence-corrected chi connectivity index (χ3v) is 8.42. The van der Waals surface area contributed by atoms with Gasteiger partial charge in [-0.25, -0.2) is 0 Å². The molecular formula is C36H56N8O6. The molecule has 0 aromatic heterocycles. The van der Waals surface area contributed by atoms with Crippen LogP contribution in [0.15, 0.2) is 42.5 Å². The van der Waals surface area contributed by atoms with Gasteiger partial charge >= 0.3 is 0 Å². The number of nitrogens with two attached hydrogens (primary N) is 2. The van der Waals surface area contributed by atoms with Crippen molar-refractivity contribution in [3.05, 3.63) is 59.2 Å². The number of carbonyl (C=O) groups excluding carboxylic acids is 5. The maximum atomic E-state index is 12.1. The van der Waals surface area contributed by atoms with Crippen LogP contribution in [0.3, 0.4) is 0 Å². The largest absolute Gasteiger partial charge is 0.399 e. The average molecular weight is 697 g/mol. The molecule has 0 aliphatic carbocycles. The van der Waals surface area contributed by atoms with Crippen LogP contribution in [0.25, 0.3) is 0 Å². The predicted molar refractivity (Wildman–Crippen MR) is 195 cm³/mol. The third kappa shape index (κ3) is 16.4. The van der Waals surface area contributed by atoms with Crippen molar-refractivity contribution in [3.63, 3.8) is 0 Å². The van der Waals surface area contributed by atoms with E-state index in [1.54, 1.807) is 0 Å². The van der Waals surface area contributed by atoms with Gasteiger partial charge in [-0.3, -0.25) is 34.2 Å². The minimum atomic E-state index is -0.376. The molecule has 2 aromatic rings. The van der Waals surface area contributed by atoms with E-state index in [4.69, 9.17) is 15.3 Å². The molecule has 0 radical (unpaired) electrons.